The minimum Gasteiger partial charge on any atom is -0.496 e. The minimum atomic E-state index is -0.255. The van der Waals surface area contributed by atoms with Crippen molar-refractivity contribution in [2.75, 3.05) is 19.5 Å². The molecule has 4 aromatic rings. The third-order valence-electron chi connectivity index (χ3n) is 3.64. The Labute approximate surface area is 151 Å². The Kier molecular flexibility index (Phi) is 3.98. The van der Waals surface area contributed by atoms with Crippen LogP contribution in [0.3, 0.4) is 0 Å². The number of thiazole rings is 2. The van der Waals surface area contributed by atoms with Crippen LogP contribution in [0.25, 0.3) is 20.4 Å². The van der Waals surface area contributed by atoms with Gasteiger partial charge < -0.3 is 9.47 Å². The number of carbonyl (C=O) groups excluding carboxylic acids is 1. The maximum absolute atomic E-state index is 12.5. The van der Waals surface area contributed by atoms with Crippen molar-refractivity contribution >= 4 is 54.1 Å². The van der Waals surface area contributed by atoms with Crippen molar-refractivity contribution in [3.63, 3.8) is 0 Å². The first kappa shape index (κ1) is 15.8. The van der Waals surface area contributed by atoms with E-state index in [-0.39, 0.29) is 5.91 Å². The molecule has 2 aromatic heterocycles. The fourth-order valence-corrected chi connectivity index (χ4v) is 4.45. The van der Waals surface area contributed by atoms with Crippen LogP contribution in [0, 0.1) is 0 Å². The van der Waals surface area contributed by atoms with Crippen LogP contribution in [0.4, 0.5) is 5.13 Å². The summed E-state index contributed by atoms with van der Waals surface area (Å²) in [6.07, 6.45) is 0. The van der Waals surface area contributed by atoms with E-state index in [4.69, 9.17) is 9.47 Å². The van der Waals surface area contributed by atoms with Gasteiger partial charge in [0.05, 0.1) is 40.2 Å². The van der Waals surface area contributed by atoms with Crippen molar-refractivity contribution in [3.8, 4) is 10.9 Å². The third-order valence-corrected chi connectivity index (χ3v) is 5.82. The molecule has 0 aliphatic rings. The van der Waals surface area contributed by atoms with Crippen LogP contribution < -0.4 is 14.8 Å². The summed E-state index contributed by atoms with van der Waals surface area (Å²) in [5.74, 6) is 0.269. The van der Waals surface area contributed by atoms with Gasteiger partial charge in [-0.2, -0.15) is 0 Å². The first-order valence-corrected chi connectivity index (χ1v) is 9.01. The van der Waals surface area contributed by atoms with Gasteiger partial charge in [0.1, 0.15) is 5.75 Å². The van der Waals surface area contributed by atoms with Gasteiger partial charge in [-0.1, -0.05) is 34.8 Å². The van der Waals surface area contributed by atoms with Gasteiger partial charge in [0.15, 0.2) is 5.13 Å². The predicted octanol–water partition coefficient (Wildman–Crippen LogP) is 4.18. The number of fused-ring (bicyclic) bond motifs is 3. The van der Waals surface area contributed by atoms with Gasteiger partial charge in [-0.05, 0) is 24.3 Å². The van der Waals surface area contributed by atoms with Crippen LogP contribution in [-0.4, -0.2) is 30.1 Å². The molecule has 0 saturated carbocycles. The largest absolute Gasteiger partial charge is 0.496 e. The quantitative estimate of drug-likeness (QED) is 0.583. The monoisotopic (exact) mass is 371 g/mol. The van der Waals surface area contributed by atoms with Crippen LogP contribution in [0.2, 0.25) is 0 Å². The Bertz CT molecular complexity index is 1090. The molecule has 6 nitrogen and oxygen atoms in total. The first-order valence-electron chi connectivity index (χ1n) is 7.38. The highest BCUT2D eigenvalue weighted by Crippen LogP contribution is 2.38. The number of benzene rings is 2. The third kappa shape index (κ3) is 2.79. The van der Waals surface area contributed by atoms with Gasteiger partial charge in [0, 0.05) is 0 Å². The van der Waals surface area contributed by atoms with Gasteiger partial charge in [-0.15, -0.1) is 0 Å². The van der Waals surface area contributed by atoms with E-state index in [0.717, 1.165) is 20.4 Å². The maximum atomic E-state index is 12.5. The average molecular weight is 371 g/mol. The molecule has 0 unspecified atom stereocenters. The normalized spacial score (nSPS) is 11.0. The molecule has 0 atom stereocenters. The number of carbonyl (C=O) groups is 1. The molecule has 4 rings (SSSR count). The molecule has 0 spiro atoms. The summed E-state index contributed by atoms with van der Waals surface area (Å²) < 4.78 is 12.4. The molecule has 0 bridgehead atoms. The second kappa shape index (κ2) is 6.30. The highest BCUT2D eigenvalue weighted by Gasteiger charge is 2.16. The molecule has 2 heterocycles. The van der Waals surface area contributed by atoms with Crippen LogP contribution in [0.5, 0.6) is 10.9 Å². The number of hydrogen-bond donors (Lipinski definition) is 1. The Morgan fingerprint density at radius 1 is 0.960 bits per heavy atom. The van der Waals surface area contributed by atoms with Crippen molar-refractivity contribution in [3.05, 3.63) is 42.0 Å². The smallest absolute Gasteiger partial charge is 0.274 e. The number of hydrogen-bond acceptors (Lipinski definition) is 7. The Morgan fingerprint density at radius 3 is 2.44 bits per heavy atom. The van der Waals surface area contributed by atoms with E-state index < -0.39 is 0 Å². The highest BCUT2D eigenvalue weighted by molar-refractivity contribution is 7.29. The molecule has 126 valence electrons. The van der Waals surface area contributed by atoms with Gasteiger partial charge in [0.25, 0.3) is 11.1 Å². The maximum Gasteiger partial charge on any atom is 0.274 e. The molecular formula is C17H13N3O3S2. The lowest BCUT2D eigenvalue weighted by atomic mass is 10.2. The number of nitrogens with zero attached hydrogens (tertiary/aromatic N) is 2. The van der Waals surface area contributed by atoms with Crippen LogP contribution in [0.1, 0.15) is 10.4 Å². The fraction of sp³-hybridized carbons (Fsp3) is 0.118. The number of amides is 1. The van der Waals surface area contributed by atoms with Gasteiger partial charge in [-0.25, -0.2) is 9.97 Å². The number of rotatable bonds is 4. The summed E-state index contributed by atoms with van der Waals surface area (Å²) in [6.45, 7) is 0. The molecule has 1 amide bonds. The number of methoxy groups -OCH3 is 2. The number of anilines is 1. The topological polar surface area (TPSA) is 73.3 Å². The molecular weight excluding hydrogens is 358 g/mol. The molecule has 0 aliphatic heterocycles. The number of para-hydroxylation sites is 1. The van der Waals surface area contributed by atoms with E-state index in [1.807, 2.05) is 18.2 Å². The second-order valence-electron chi connectivity index (χ2n) is 5.12. The zero-order chi connectivity index (χ0) is 17.4. The lowest BCUT2D eigenvalue weighted by molar-refractivity contribution is 0.102. The van der Waals surface area contributed by atoms with Crippen molar-refractivity contribution in [1.29, 1.82) is 0 Å². The van der Waals surface area contributed by atoms with Gasteiger partial charge in [-0.3, -0.25) is 10.1 Å². The molecule has 0 aliphatic carbocycles. The zero-order valence-electron chi connectivity index (χ0n) is 13.4. The Morgan fingerprint density at radius 2 is 1.68 bits per heavy atom. The van der Waals surface area contributed by atoms with Crippen LogP contribution in [0.15, 0.2) is 36.4 Å². The lowest BCUT2D eigenvalue weighted by Gasteiger charge is -2.06. The summed E-state index contributed by atoms with van der Waals surface area (Å²) in [5.41, 5.74) is 2.15. The van der Waals surface area contributed by atoms with Crippen molar-refractivity contribution in [2.24, 2.45) is 0 Å². The number of aromatic nitrogens is 2. The van der Waals surface area contributed by atoms with E-state index in [0.29, 0.717) is 21.6 Å². The van der Waals surface area contributed by atoms with Crippen molar-refractivity contribution < 1.29 is 14.3 Å². The zero-order valence-corrected chi connectivity index (χ0v) is 15.0. The van der Waals surface area contributed by atoms with E-state index in [1.54, 1.807) is 25.3 Å². The molecule has 1 N–H and O–H groups in total. The fourth-order valence-electron chi connectivity index (χ4n) is 2.49. The van der Waals surface area contributed by atoms with E-state index in [9.17, 15) is 4.79 Å². The summed E-state index contributed by atoms with van der Waals surface area (Å²) in [7, 11) is 3.14. The molecule has 0 saturated heterocycles. The summed E-state index contributed by atoms with van der Waals surface area (Å²) in [6, 6.07) is 10.9. The van der Waals surface area contributed by atoms with E-state index in [2.05, 4.69) is 15.3 Å². The molecule has 0 radical (unpaired) electrons. The summed E-state index contributed by atoms with van der Waals surface area (Å²) in [4.78, 5) is 21.4. The SMILES string of the molecule is COc1nc2ccc3nc(NC(=O)c4ccccc4OC)sc3c2s1. The van der Waals surface area contributed by atoms with E-state index >= 15 is 0 Å². The lowest BCUT2D eigenvalue weighted by Crippen LogP contribution is -2.12. The first-order chi connectivity index (χ1) is 12.2. The highest BCUT2D eigenvalue weighted by atomic mass is 32.1. The summed E-state index contributed by atoms with van der Waals surface area (Å²) >= 11 is 2.88. The molecule has 25 heavy (non-hydrogen) atoms. The van der Waals surface area contributed by atoms with Crippen molar-refractivity contribution in [2.45, 2.75) is 0 Å². The Balaban J connectivity index is 1.71. The van der Waals surface area contributed by atoms with Crippen molar-refractivity contribution in [1.82, 2.24) is 9.97 Å². The minimum absolute atomic E-state index is 0.255. The molecule has 2 aromatic carbocycles. The van der Waals surface area contributed by atoms with Gasteiger partial charge >= 0.3 is 0 Å². The predicted molar refractivity (Wildman–Crippen MR) is 100 cm³/mol. The number of nitrogens with one attached hydrogen (secondary N) is 1. The van der Waals surface area contributed by atoms with Gasteiger partial charge in [0.2, 0.25) is 0 Å². The second-order valence-corrected chi connectivity index (χ2v) is 7.08. The average Bonchev–Trinajstić information content (AvgIpc) is 3.24. The summed E-state index contributed by atoms with van der Waals surface area (Å²) in [5, 5.41) is 3.99. The standard InChI is InChI=1S/C17H13N3O3S2/c1-22-12-6-4-3-5-9(12)15(21)20-16-18-10-7-8-11-14(13(10)24-16)25-17(19-11)23-2/h3-8H,1-2H3,(H,18,20,21). The molecule has 0 fully saturated rings. The Hall–Kier alpha value is -2.71. The van der Waals surface area contributed by atoms with Crippen LogP contribution in [-0.2, 0) is 0 Å². The number of ether oxygens (including phenoxy) is 2. The van der Waals surface area contributed by atoms with E-state index in [1.165, 1.54) is 29.8 Å². The molecule has 8 heteroatoms. The van der Waals surface area contributed by atoms with Crippen LogP contribution >= 0.6 is 22.7 Å².